The molecule has 1 rings (SSSR count). The van der Waals surface area contributed by atoms with E-state index in [0.717, 1.165) is 0 Å². The van der Waals surface area contributed by atoms with Crippen LogP contribution in [0, 0.1) is 17.2 Å². The molecule has 0 spiro atoms. The quantitative estimate of drug-likeness (QED) is 0.688. The average Bonchev–Trinajstić information content (AvgIpc) is 2.58. The van der Waals surface area contributed by atoms with E-state index < -0.39 is 5.92 Å². The minimum absolute atomic E-state index is 0.0961. The van der Waals surface area contributed by atoms with Gasteiger partial charge >= 0.3 is 0 Å². The first-order valence-electron chi connectivity index (χ1n) is 3.86. The molecule has 1 aromatic rings. The molecule has 1 unspecified atom stereocenters. The Morgan fingerprint density at radius 3 is 3.00 bits per heavy atom. The lowest BCUT2D eigenvalue weighted by atomic mass is 9.99. The molecule has 0 saturated carbocycles. The SMILES string of the molecule is CCC(C#N)C(=O)c1cc[nH]c1. The molecule has 0 saturated heterocycles. The van der Waals surface area contributed by atoms with Gasteiger partial charge in [0.15, 0.2) is 5.78 Å². The maximum absolute atomic E-state index is 11.4. The molecule has 62 valence electrons. The predicted molar refractivity (Wildman–Crippen MR) is 44.5 cm³/mol. The first-order chi connectivity index (χ1) is 5.79. The van der Waals surface area contributed by atoms with Gasteiger partial charge < -0.3 is 4.98 Å². The van der Waals surface area contributed by atoms with Crippen molar-refractivity contribution in [3.05, 3.63) is 24.0 Å². The number of carbonyl (C=O) groups is 1. The fraction of sp³-hybridized carbons (Fsp3) is 0.333. The summed E-state index contributed by atoms with van der Waals surface area (Å²) < 4.78 is 0. The van der Waals surface area contributed by atoms with Gasteiger partial charge in [-0.2, -0.15) is 5.26 Å². The zero-order valence-corrected chi connectivity index (χ0v) is 6.87. The summed E-state index contributed by atoms with van der Waals surface area (Å²) in [4.78, 5) is 14.2. The molecule has 0 aliphatic rings. The standard InChI is InChI=1S/C9H10N2O/c1-2-7(5-10)9(12)8-3-4-11-6-8/h3-4,6-7,11H,2H2,1H3. The van der Waals surface area contributed by atoms with Crippen LogP contribution in [-0.4, -0.2) is 10.8 Å². The van der Waals surface area contributed by atoms with Gasteiger partial charge in [-0.1, -0.05) is 6.92 Å². The van der Waals surface area contributed by atoms with Crippen molar-refractivity contribution in [2.24, 2.45) is 5.92 Å². The number of ketones is 1. The molecule has 1 heterocycles. The van der Waals surface area contributed by atoms with Crippen LogP contribution in [-0.2, 0) is 0 Å². The Bertz CT molecular complexity index is 295. The van der Waals surface area contributed by atoms with E-state index in [1.165, 1.54) is 0 Å². The van der Waals surface area contributed by atoms with Crippen LogP contribution in [0.15, 0.2) is 18.5 Å². The summed E-state index contributed by atoms with van der Waals surface area (Å²) in [6.45, 7) is 1.83. The molecule has 0 radical (unpaired) electrons. The van der Waals surface area contributed by atoms with Gasteiger partial charge in [0.05, 0.1) is 6.07 Å². The number of carbonyl (C=O) groups excluding carboxylic acids is 1. The molecule has 1 atom stereocenters. The summed E-state index contributed by atoms with van der Waals surface area (Å²) in [5.74, 6) is -0.595. The van der Waals surface area contributed by atoms with E-state index in [0.29, 0.717) is 12.0 Å². The number of nitriles is 1. The number of nitrogens with zero attached hydrogens (tertiary/aromatic N) is 1. The van der Waals surface area contributed by atoms with E-state index in [9.17, 15) is 4.79 Å². The van der Waals surface area contributed by atoms with Crippen molar-refractivity contribution in [1.29, 1.82) is 5.26 Å². The summed E-state index contributed by atoms with van der Waals surface area (Å²) in [6.07, 6.45) is 3.86. The van der Waals surface area contributed by atoms with Gasteiger partial charge in [0.2, 0.25) is 0 Å². The minimum atomic E-state index is -0.499. The summed E-state index contributed by atoms with van der Waals surface area (Å²) in [5.41, 5.74) is 0.586. The lowest BCUT2D eigenvalue weighted by molar-refractivity contribution is 0.0947. The zero-order valence-electron chi connectivity index (χ0n) is 6.87. The van der Waals surface area contributed by atoms with Crippen molar-refractivity contribution < 1.29 is 4.79 Å². The van der Waals surface area contributed by atoms with Gasteiger partial charge in [0.1, 0.15) is 5.92 Å². The van der Waals surface area contributed by atoms with E-state index in [2.05, 4.69) is 4.98 Å². The second-order valence-corrected chi connectivity index (χ2v) is 2.55. The number of Topliss-reactive ketones (excluding diaryl/α,β-unsaturated/α-hetero) is 1. The summed E-state index contributed by atoms with van der Waals surface area (Å²) >= 11 is 0. The average molecular weight is 162 g/mol. The van der Waals surface area contributed by atoms with Gasteiger partial charge in [-0.25, -0.2) is 0 Å². The van der Waals surface area contributed by atoms with Gasteiger partial charge in [0.25, 0.3) is 0 Å². The molecule has 0 bridgehead atoms. The first kappa shape index (κ1) is 8.54. The second-order valence-electron chi connectivity index (χ2n) is 2.55. The fourth-order valence-corrected chi connectivity index (χ4v) is 1.01. The molecule has 12 heavy (non-hydrogen) atoms. The van der Waals surface area contributed by atoms with Crippen molar-refractivity contribution in [3.63, 3.8) is 0 Å². The Kier molecular flexibility index (Phi) is 2.65. The maximum Gasteiger partial charge on any atom is 0.181 e. The van der Waals surface area contributed by atoms with Crippen molar-refractivity contribution in [2.75, 3.05) is 0 Å². The number of hydrogen-bond donors (Lipinski definition) is 1. The fourth-order valence-electron chi connectivity index (χ4n) is 1.01. The highest BCUT2D eigenvalue weighted by Gasteiger charge is 2.17. The van der Waals surface area contributed by atoms with Crippen molar-refractivity contribution in [2.45, 2.75) is 13.3 Å². The highest BCUT2D eigenvalue weighted by Crippen LogP contribution is 2.10. The molecule has 3 nitrogen and oxygen atoms in total. The summed E-state index contributed by atoms with van der Waals surface area (Å²) in [6, 6.07) is 3.66. The normalized spacial score (nSPS) is 12.0. The van der Waals surface area contributed by atoms with Crippen molar-refractivity contribution >= 4 is 5.78 Å². The predicted octanol–water partition coefficient (Wildman–Crippen LogP) is 1.75. The van der Waals surface area contributed by atoms with Crippen LogP contribution in [0.25, 0.3) is 0 Å². The molecule has 0 amide bonds. The molecule has 0 aromatic carbocycles. The molecule has 1 aromatic heterocycles. The molecule has 1 N–H and O–H groups in total. The van der Waals surface area contributed by atoms with E-state index >= 15 is 0 Å². The Hall–Kier alpha value is -1.56. The van der Waals surface area contributed by atoms with E-state index in [4.69, 9.17) is 5.26 Å². The minimum Gasteiger partial charge on any atom is -0.367 e. The van der Waals surface area contributed by atoms with Crippen LogP contribution < -0.4 is 0 Å². The first-order valence-corrected chi connectivity index (χ1v) is 3.86. The van der Waals surface area contributed by atoms with Crippen LogP contribution in [0.4, 0.5) is 0 Å². The third-order valence-electron chi connectivity index (χ3n) is 1.76. The highest BCUT2D eigenvalue weighted by atomic mass is 16.1. The van der Waals surface area contributed by atoms with Gasteiger partial charge in [0, 0.05) is 18.0 Å². The number of hydrogen-bond acceptors (Lipinski definition) is 2. The van der Waals surface area contributed by atoms with Gasteiger partial charge in [-0.15, -0.1) is 0 Å². The van der Waals surface area contributed by atoms with Gasteiger partial charge in [-0.05, 0) is 12.5 Å². The van der Waals surface area contributed by atoms with Crippen LogP contribution >= 0.6 is 0 Å². The largest absolute Gasteiger partial charge is 0.367 e. The van der Waals surface area contributed by atoms with Crippen LogP contribution in [0.1, 0.15) is 23.7 Å². The van der Waals surface area contributed by atoms with Crippen molar-refractivity contribution in [3.8, 4) is 6.07 Å². The number of aromatic nitrogens is 1. The lowest BCUT2D eigenvalue weighted by Gasteiger charge is -2.00. The topological polar surface area (TPSA) is 56.6 Å². The van der Waals surface area contributed by atoms with Gasteiger partial charge in [-0.3, -0.25) is 4.79 Å². The molecular formula is C9H10N2O. The summed E-state index contributed by atoms with van der Waals surface area (Å²) in [7, 11) is 0. The number of nitrogens with one attached hydrogen (secondary N) is 1. The molecule has 0 aliphatic heterocycles. The van der Waals surface area contributed by atoms with Crippen LogP contribution in [0.3, 0.4) is 0 Å². The van der Waals surface area contributed by atoms with E-state index in [1.807, 2.05) is 13.0 Å². The molecule has 0 aliphatic carbocycles. The van der Waals surface area contributed by atoms with E-state index in [1.54, 1.807) is 18.5 Å². The molecule has 3 heteroatoms. The zero-order chi connectivity index (χ0) is 8.97. The Morgan fingerprint density at radius 2 is 2.58 bits per heavy atom. The maximum atomic E-state index is 11.4. The Morgan fingerprint density at radius 1 is 1.83 bits per heavy atom. The lowest BCUT2D eigenvalue weighted by Crippen LogP contribution is -2.10. The van der Waals surface area contributed by atoms with Crippen LogP contribution in [0.5, 0.6) is 0 Å². The summed E-state index contributed by atoms with van der Waals surface area (Å²) in [5, 5.41) is 8.61. The molecular weight excluding hydrogens is 152 g/mol. The van der Waals surface area contributed by atoms with Crippen LogP contribution in [0.2, 0.25) is 0 Å². The highest BCUT2D eigenvalue weighted by molar-refractivity contribution is 5.99. The third kappa shape index (κ3) is 1.54. The Labute approximate surface area is 71.0 Å². The number of rotatable bonds is 3. The van der Waals surface area contributed by atoms with Crippen molar-refractivity contribution in [1.82, 2.24) is 4.98 Å². The van der Waals surface area contributed by atoms with E-state index in [-0.39, 0.29) is 5.78 Å². The number of aromatic amines is 1. The smallest absolute Gasteiger partial charge is 0.181 e. The Balaban J connectivity index is 2.79. The molecule has 0 fully saturated rings. The number of H-pyrrole nitrogens is 1. The monoisotopic (exact) mass is 162 g/mol. The third-order valence-corrected chi connectivity index (χ3v) is 1.76. The second kappa shape index (κ2) is 3.72.